The molecule has 1 heterocycles. The molecule has 1 fully saturated rings. The molecule has 1 aromatic carbocycles. The van der Waals surface area contributed by atoms with Gasteiger partial charge in [0.1, 0.15) is 0 Å². The van der Waals surface area contributed by atoms with Crippen molar-refractivity contribution in [2.24, 2.45) is 10.4 Å². The molecule has 3 N–H and O–H groups in total. The van der Waals surface area contributed by atoms with E-state index in [-0.39, 0.29) is 11.9 Å². The highest BCUT2D eigenvalue weighted by Gasteiger charge is 2.26. The molecule has 0 bridgehead atoms. The van der Waals surface area contributed by atoms with Crippen LogP contribution >= 0.6 is 0 Å². The lowest BCUT2D eigenvalue weighted by Gasteiger charge is -2.24. The Bertz CT molecular complexity index is 650. The fourth-order valence-electron chi connectivity index (χ4n) is 3.26. The highest BCUT2D eigenvalue weighted by Crippen LogP contribution is 2.24. The van der Waals surface area contributed by atoms with E-state index >= 15 is 0 Å². The average Bonchev–Trinajstić information content (AvgIpc) is 3.20. The molecular formula is C21H35N5O. The summed E-state index contributed by atoms with van der Waals surface area (Å²) in [5, 5.41) is 9.46. The fourth-order valence-corrected chi connectivity index (χ4v) is 3.26. The molecule has 0 spiro atoms. The number of rotatable bonds is 7. The number of carbonyl (C=O) groups excluding carboxylic acids is 1. The summed E-state index contributed by atoms with van der Waals surface area (Å²) in [5.41, 5.74) is 1.98. The first-order valence-corrected chi connectivity index (χ1v) is 9.99. The first kappa shape index (κ1) is 21.1. The number of nitrogens with one attached hydrogen (secondary N) is 3. The summed E-state index contributed by atoms with van der Waals surface area (Å²) < 4.78 is 0. The Kier molecular flexibility index (Phi) is 7.51. The predicted molar refractivity (Wildman–Crippen MR) is 113 cm³/mol. The maximum Gasteiger partial charge on any atom is 0.227 e. The second-order valence-corrected chi connectivity index (χ2v) is 7.81. The SMILES string of the molecule is CCNC(=NCC(C)(C)C(=O)NC)NC(C)c1cccc(N2CCCC2)c1. The van der Waals surface area contributed by atoms with Crippen molar-refractivity contribution in [3.63, 3.8) is 0 Å². The van der Waals surface area contributed by atoms with Gasteiger partial charge in [0, 0.05) is 32.4 Å². The number of anilines is 1. The van der Waals surface area contributed by atoms with Gasteiger partial charge in [0.25, 0.3) is 0 Å². The molecule has 0 aliphatic carbocycles. The van der Waals surface area contributed by atoms with Crippen LogP contribution in [0.1, 0.15) is 52.1 Å². The second kappa shape index (κ2) is 9.62. The zero-order chi connectivity index (χ0) is 19.9. The van der Waals surface area contributed by atoms with Crippen molar-refractivity contribution in [3.05, 3.63) is 29.8 Å². The van der Waals surface area contributed by atoms with Gasteiger partial charge in [-0.2, -0.15) is 0 Å². The number of hydrogen-bond donors (Lipinski definition) is 3. The third-order valence-corrected chi connectivity index (χ3v) is 5.01. The van der Waals surface area contributed by atoms with Crippen LogP contribution in [0.2, 0.25) is 0 Å². The molecule has 1 atom stereocenters. The zero-order valence-corrected chi connectivity index (χ0v) is 17.4. The molecule has 1 amide bonds. The third kappa shape index (κ3) is 5.88. The van der Waals surface area contributed by atoms with Gasteiger partial charge in [-0.25, -0.2) is 0 Å². The Morgan fingerprint density at radius 1 is 1.30 bits per heavy atom. The van der Waals surface area contributed by atoms with E-state index in [0.29, 0.717) is 6.54 Å². The minimum atomic E-state index is -0.546. The monoisotopic (exact) mass is 373 g/mol. The van der Waals surface area contributed by atoms with Crippen LogP contribution in [0.4, 0.5) is 5.69 Å². The van der Waals surface area contributed by atoms with E-state index in [1.54, 1.807) is 7.05 Å². The van der Waals surface area contributed by atoms with Gasteiger partial charge in [-0.3, -0.25) is 9.79 Å². The number of nitrogens with zero attached hydrogens (tertiary/aromatic N) is 2. The summed E-state index contributed by atoms with van der Waals surface area (Å²) in [7, 11) is 1.66. The Balaban J connectivity index is 2.07. The summed E-state index contributed by atoms with van der Waals surface area (Å²) in [6, 6.07) is 8.84. The van der Waals surface area contributed by atoms with Crippen LogP contribution in [0.3, 0.4) is 0 Å². The van der Waals surface area contributed by atoms with Crippen LogP contribution in [-0.2, 0) is 4.79 Å². The average molecular weight is 374 g/mol. The molecule has 150 valence electrons. The van der Waals surface area contributed by atoms with E-state index in [9.17, 15) is 4.79 Å². The molecule has 1 unspecified atom stereocenters. The third-order valence-electron chi connectivity index (χ3n) is 5.01. The Hall–Kier alpha value is -2.24. The maximum atomic E-state index is 12.0. The molecule has 1 aliphatic heterocycles. The first-order chi connectivity index (χ1) is 12.9. The molecular weight excluding hydrogens is 338 g/mol. The van der Waals surface area contributed by atoms with Crippen LogP contribution in [0, 0.1) is 5.41 Å². The van der Waals surface area contributed by atoms with E-state index in [0.717, 1.165) is 25.6 Å². The van der Waals surface area contributed by atoms with Crippen molar-refractivity contribution in [1.82, 2.24) is 16.0 Å². The number of amides is 1. The minimum Gasteiger partial charge on any atom is -0.372 e. The normalized spacial score (nSPS) is 16.2. The smallest absolute Gasteiger partial charge is 0.227 e. The molecule has 27 heavy (non-hydrogen) atoms. The lowest BCUT2D eigenvalue weighted by atomic mass is 9.93. The van der Waals surface area contributed by atoms with Gasteiger partial charge in [0.15, 0.2) is 5.96 Å². The van der Waals surface area contributed by atoms with Crippen LogP contribution in [0.5, 0.6) is 0 Å². The molecule has 0 aromatic heterocycles. The molecule has 1 saturated heterocycles. The summed E-state index contributed by atoms with van der Waals surface area (Å²) in [6.07, 6.45) is 2.55. The van der Waals surface area contributed by atoms with Crippen LogP contribution in [0.15, 0.2) is 29.3 Å². The summed E-state index contributed by atoms with van der Waals surface area (Å²) in [4.78, 5) is 19.1. The van der Waals surface area contributed by atoms with Crippen LogP contribution in [0.25, 0.3) is 0 Å². The molecule has 6 nitrogen and oxygen atoms in total. The van der Waals surface area contributed by atoms with Crippen LogP contribution in [-0.4, -0.2) is 45.1 Å². The van der Waals surface area contributed by atoms with Gasteiger partial charge in [-0.15, -0.1) is 0 Å². The van der Waals surface area contributed by atoms with E-state index in [1.165, 1.54) is 24.1 Å². The van der Waals surface area contributed by atoms with Gasteiger partial charge >= 0.3 is 0 Å². The summed E-state index contributed by atoms with van der Waals surface area (Å²) >= 11 is 0. The number of guanidine groups is 1. The highest BCUT2D eigenvalue weighted by atomic mass is 16.2. The van der Waals surface area contributed by atoms with Crippen molar-refractivity contribution in [3.8, 4) is 0 Å². The van der Waals surface area contributed by atoms with Crippen molar-refractivity contribution >= 4 is 17.6 Å². The number of carbonyl (C=O) groups is 1. The second-order valence-electron chi connectivity index (χ2n) is 7.81. The predicted octanol–water partition coefficient (Wildman–Crippen LogP) is 2.68. The highest BCUT2D eigenvalue weighted by molar-refractivity contribution is 5.83. The standard InChI is InChI=1S/C21H35N5O/c1-6-23-20(24-15-21(3,4)19(27)22-5)25-16(2)17-10-9-11-18(14-17)26-12-7-8-13-26/h9-11,14,16H,6-8,12-13,15H2,1-5H3,(H,22,27)(H2,23,24,25). The van der Waals surface area contributed by atoms with E-state index < -0.39 is 5.41 Å². The quantitative estimate of drug-likeness (QED) is 0.508. The van der Waals surface area contributed by atoms with Gasteiger partial charge in [-0.1, -0.05) is 12.1 Å². The first-order valence-electron chi connectivity index (χ1n) is 9.99. The Morgan fingerprint density at radius 2 is 2.00 bits per heavy atom. The van der Waals surface area contributed by atoms with Gasteiger partial charge in [0.2, 0.25) is 5.91 Å². The van der Waals surface area contributed by atoms with Crippen molar-refractivity contribution in [1.29, 1.82) is 0 Å². The number of aliphatic imine (C=N–C) groups is 1. The van der Waals surface area contributed by atoms with E-state index in [2.05, 4.69) is 57.0 Å². The topological polar surface area (TPSA) is 68.8 Å². The number of benzene rings is 1. The number of hydrogen-bond acceptors (Lipinski definition) is 3. The lowest BCUT2D eigenvalue weighted by Crippen LogP contribution is -2.41. The van der Waals surface area contributed by atoms with Crippen LogP contribution < -0.4 is 20.9 Å². The lowest BCUT2D eigenvalue weighted by molar-refractivity contribution is -0.128. The molecule has 1 aliphatic rings. The summed E-state index contributed by atoms with van der Waals surface area (Å²) in [6.45, 7) is 11.5. The fraction of sp³-hybridized carbons (Fsp3) is 0.619. The van der Waals surface area contributed by atoms with E-state index in [1.807, 2.05) is 20.8 Å². The van der Waals surface area contributed by atoms with Crippen molar-refractivity contribution in [2.45, 2.75) is 46.6 Å². The molecule has 0 radical (unpaired) electrons. The van der Waals surface area contributed by atoms with Gasteiger partial charge in [0.05, 0.1) is 18.0 Å². The maximum absolute atomic E-state index is 12.0. The van der Waals surface area contributed by atoms with E-state index in [4.69, 9.17) is 0 Å². The molecule has 0 saturated carbocycles. The molecule has 2 rings (SSSR count). The Labute approximate surface area is 163 Å². The van der Waals surface area contributed by atoms with Gasteiger partial charge in [-0.05, 0) is 58.2 Å². The van der Waals surface area contributed by atoms with Gasteiger partial charge < -0.3 is 20.9 Å². The van der Waals surface area contributed by atoms with Crippen molar-refractivity contribution in [2.75, 3.05) is 38.1 Å². The largest absolute Gasteiger partial charge is 0.372 e. The zero-order valence-electron chi connectivity index (χ0n) is 17.4. The molecule has 6 heteroatoms. The van der Waals surface area contributed by atoms with Crippen molar-refractivity contribution < 1.29 is 4.79 Å². The Morgan fingerprint density at radius 3 is 2.63 bits per heavy atom. The summed E-state index contributed by atoms with van der Waals surface area (Å²) in [5.74, 6) is 0.724. The molecule has 1 aromatic rings. The minimum absolute atomic E-state index is 0.00605.